The first-order valence-electron chi connectivity index (χ1n) is 7.88. The molecule has 0 aromatic rings. The van der Waals surface area contributed by atoms with Crippen LogP contribution < -0.4 is 5.32 Å². The molecule has 0 aromatic carbocycles. The summed E-state index contributed by atoms with van der Waals surface area (Å²) in [5, 5.41) is 4.32. The van der Waals surface area contributed by atoms with Gasteiger partial charge in [-0.15, -0.1) is 0 Å². The van der Waals surface area contributed by atoms with Gasteiger partial charge in [0, 0.05) is 37.3 Å². The second-order valence-electron chi connectivity index (χ2n) is 5.94. The molecular formula is C15H28N2OS. The summed E-state index contributed by atoms with van der Waals surface area (Å²) in [5.41, 5.74) is 0. The summed E-state index contributed by atoms with van der Waals surface area (Å²) < 4.78 is 0. The number of hydrogen-bond acceptors (Lipinski definition) is 3. The number of carbonyl (C=O) groups is 1. The van der Waals surface area contributed by atoms with Gasteiger partial charge in [0.2, 0.25) is 5.91 Å². The van der Waals surface area contributed by atoms with E-state index in [0.717, 1.165) is 24.9 Å². The van der Waals surface area contributed by atoms with E-state index in [-0.39, 0.29) is 0 Å². The highest BCUT2D eigenvalue weighted by Gasteiger charge is 2.20. The molecule has 2 aliphatic heterocycles. The topological polar surface area (TPSA) is 32.3 Å². The molecule has 1 N–H and O–H groups in total. The molecule has 0 bridgehead atoms. The zero-order valence-corrected chi connectivity index (χ0v) is 13.0. The quantitative estimate of drug-likeness (QED) is 0.842. The average Bonchev–Trinajstić information content (AvgIpc) is 2.76. The maximum Gasteiger partial charge on any atom is 0.224 e. The minimum Gasteiger partial charge on any atom is -0.343 e. The second kappa shape index (κ2) is 8.15. The summed E-state index contributed by atoms with van der Waals surface area (Å²) in [6.07, 6.45) is 8.31. The van der Waals surface area contributed by atoms with Crippen molar-refractivity contribution >= 4 is 17.7 Å². The molecule has 0 aliphatic carbocycles. The Morgan fingerprint density at radius 3 is 2.63 bits per heavy atom. The number of nitrogens with zero attached hydrogens (tertiary/aromatic N) is 1. The molecule has 2 fully saturated rings. The number of carbonyl (C=O) groups excluding carboxylic acids is 1. The van der Waals surface area contributed by atoms with Crippen molar-refractivity contribution < 1.29 is 4.79 Å². The van der Waals surface area contributed by atoms with E-state index in [1.807, 2.05) is 0 Å². The van der Waals surface area contributed by atoms with E-state index in [4.69, 9.17) is 0 Å². The smallest absolute Gasteiger partial charge is 0.224 e. The third kappa shape index (κ3) is 5.35. The van der Waals surface area contributed by atoms with E-state index in [0.29, 0.717) is 18.4 Å². The van der Waals surface area contributed by atoms with Gasteiger partial charge in [-0.05, 0) is 38.4 Å². The fourth-order valence-electron chi connectivity index (χ4n) is 2.92. The highest BCUT2D eigenvalue weighted by molar-refractivity contribution is 8.00. The van der Waals surface area contributed by atoms with Gasteiger partial charge in [0.1, 0.15) is 0 Å². The molecular weight excluding hydrogens is 256 g/mol. The van der Waals surface area contributed by atoms with Crippen LogP contribution in [-0.4, -0.2) is 47.5 Å². The first kappa shape index (κ1) is 15.2. The Morgan fingerprint density at radius 1 is 1.26 bits per heavy atom. The lowest BCUT2D eigenvalue weighted by molar-refractivity contribution is -0.131. The molecule has 110 valence electrons. The van der Waals surface area contributed by atoms with Crippen LogP contribution in [0.15, 0.2) is 0 Å². The Labute approximate surface area is 121 Å². The monoisotopic (exact) mass is 284 g/mol. The van der Waals surface area contributed by atoms with Crippen LogP contribution >= 0.6 is 11.8 Å². The molecule has 4 heteroatoms. The summed E-state index contributed by atoms with van der Waals surface area (Å²) in [6, 6.07) is 0.317. The van der Waals surface area contributed by atoms with Crippen LogP contribution in [0.5, 0.6) is 0 Å². The molecule has 3 nitrogen and oxygen atoms in total. The van der Waals surface area contributed by atoms with Gasteiger partial charge in [0.25, 0.3) is 0 Å². The zero-order chi connectivity index (χ0) is 13.5. The van der Waals surface area contributed by atoms with Gasteiger partial charge < -0.3 is 10.2 Å². The molecule has 0 spiro atoms. The number of thioether (sulfide) groups is 1. The standard InChI is InChI=1S/C15H28N2OS/c1-13(16-12-14-7-6-10-19-14)11-15(18)17-8-4-2-3-5-9-17/h13-14,16H,2-12H2,1H3/t13-,14-/m1/s1. The fraction of sp³-hybridized carbons (Fsp3) is 0.933. The van der Waals surface area contributed by atoms with Gasteiger partial charge in [0.15, 0.2) is 0 Å². The van der Waals surface area contributed by atoms with E-state index >= 15 is 0 Å². The molecule has 19 heavy (non-hydrogen) atoms. The SMILES string of the molecule is C[C@H](CC(=O)N1CCCCCC1)NC[C@H]1CCCS1. The van der Waals surface area contributed by atoms with Crippen LogP contribution in [0.4, 0.5) is 0 Å². The van der Waals surface area contributed by atoms with E-state index in [1.54, 1.807) is 0 Å². The Balaban J connectivity index is 1.65. The summed E-state index contributed by atoms with van der Waals surface area (Å²) in [5.74, 6) is 1.66. The highest BCUT2D eigenvalue weighted by atomic mass is 32.2. The van der Waals surface area contributed by atoms with E-state index < -0.39 is 0 Å². The largest absolute Gasteiger partial charge is 0.343 e. The predicted molar refractivity (Wildman–Crippen MR) is 82.6 cm³/mol. The predicted octanol–water partition coefficient (Wildman–Crippen LogP) is 2.65. The van der Waals surface area contributed by atoms with E-state index in [1.165, 1.54) is 44.3 Å². The normalized spacial score (nSPS) is 26.2. The number of amides is 1. The van der Waals surface area contributed by atoms with Crippen molar-refractivity contribution in [2.75, 3.05) is 25.4 Å². The van der Waals surface area contributed by atoms with Gasteiger partial charge >= 0.3 is 0 Å². The third-order valence-electron chi connectivity index (χ3n) is 4.16. The van der Waals surface area contributed by atoms with Crippen molar-refractivity contribution in [1.29, 1.82) is 0 Å². The van der Waals surface area contributed by atoms with E-state index in [9.17, 15) is 4.79 Å². The molecule has 0 aromatic heterocycles. The van der Waals surface area contributed by atoms with Crippen molar-refractivity contribution in [2.45, 2.75) is 63.2 Å². The molecule has 0 saturated carbocycles. The van der Waals surface area contributed by atoms with Gasteiger partial charge in [0.05, 0.1) is 0 Å². The van der Waals surface area contributed by atoms with Gasteiger partial charge in [-0.1, -0.05) is 12.8 Å². The van der Waals surface area contributed by atoms with Crippen molar-refractivity contribution in [2.24, 2.45) is 0 Å². The lowest BCUT2D eigenvalue weighted by Crippen LogP contribution is -2.39. The maximum absolute atomic E-state index is 12.2. The minimum atomic E-state index is 0.317. The average molecular weight is 284 g/mol. The van der Waals surface area contributed by atoms with Gasteiger partial charge in [-0.3, -0.25) is 4.79 Å². The van der Waals surface area contributed by atoms with Crippen molar-refractivity contribution in [1.82, 2.24) is 10.2 Å². The fourth-order valence-corrected chi connectivity index (χ4v) is 4.14. The Bertz CT molecular complexity index is 271. The Kier molecular flexibility index (Phi) is 6.51. The van der Waals surface area contributed by atoms with Crippen LogP contribution in [0.3, 0.4) is 0 Å². The van der Waals surface area contributed by atoms with Crippen LogP contribution in [0, 0.1) is 0 Å². The maximum atomic E-state index is 12.2. The second-order valence-corrected chi connectivity index (χ2v) is 7.35. The Hall–Kier alpha value is -0.220. The van der Waals surface area contributed by atoms with Crippen molar-refractivity contribution in [3.8, 4) is 0 Å². The molecule has 0 unspecified atom stereocenters. The summed E-state index contributed by atoms with van der Waals surface area (Å²) in [6.45, 7) is 5.17. The molecule has 2 rings (SSSR count). The molecule has 2 aliphatic rings. The minimum absolute atomic E-state index is 0.317. The molecule has 2 saturated heterocycles. The number of likely N-dealkylation sites (tertiary alicyclic amines) is 1. The zero-order valence-electron chi connectivity index (χ0n) is 12.2. The van der Waals surface area contributed by atoms with Gasteiger partial charge in [-0.2, -0.15) is 11.8 Å². The Morgan fingerprint density at radius 2 is 2.00 bits per heavy atom. The van der Waals surface area contributed by atoms with Crippen molar-refractivity contribution in [3.63, 3.8) is 0 Å². The third-order valence-corrected chi connectivity index (χ3v) is 5.56. The lowest BCUT2D eigenvalue weighted by Gasteiger charge is -2.23. The molecule has 0 radical (unpaired) electrons. The van der Waals surface area contributed by atoms with Gasteiger partial charge in [-0.25, -0.2) is 0 Å². The molecule has 1 amide bonds. The van der Waals surface area contributed by atoms with Crippen molar-refractivity contribution in [3.05, 3.63) is 0 Å². The highest BCUT2D eigenvalue weighted by Crippen LogP contribution is 2.25. The first-order chi connectivity index (χ1) is 9.25. The van der Waals surface area contributed by atoms with Crippen LogP contribution in [-0.2, 0) is 4.79 Å². The molecule has 2 atom stereocenters. The lowest BCUT2D eigenvalue weighted by atomic mass is 10.2. The van der Waals surface area contributed by atoms with E-state index in [2.05, 4.69) is 28.9 Å². The van der Waals surface area contributed by atoms with Crippen LogP contribution in [0.25, 0.3) is 0 Å². The number of nitrogens with one attached hydrogen (secondary N) is 1. The molecule has 2 heterocycles. The first-order valence-corrected chi connectivity index (χ1v) is 8.93. The summed E-state index contributed by atoms with van der Waals surface area (Å²) >= 11 is 2.08. The van der Waals surface area contributed by atoms with Crippen LogP contribution in [0.2, 0.25) is 0 Å². The number of hydrogen-bond donors (Lipinski definition) is 1. The van der Waals surface area contributed by atoms with Crippen LogP contribution in [0.1, 0.15) is 51.9 Å². The summed E-state index contributed by atoms with van der Waals surface area (Å²) in [4.78, 5) is 14.3. The summed E-state index contributed by atoms with van der Waals surface area (Å²) in [7, 11) is 0. The number of rotatable bonds is 5.